The molecule has 1 fully saturated rings. The van der Waals surface area contributed by atoms with Crippen LogP contribution in [0.2, 0.25) is 0 Å². The highest BCUT2D eigenvalue weighted by Gasteiger charge is 2.25. The fourth-order valence-corrected chi connectivity index (χ4v) is 5.02. The number of fused-ring (bicyclic) bond motifs is 2. The molecule has 1 saturated heterocycles. The van der Waals surface area contributed by atoms with Gasteiger partial charge in [-0.05, 0) is 44.0 Å². The van der Waals surface area contributed by atoms with Crippen LogP contribution in [0.5, 0.6) is 0 Å². The van der Waals surface area contributed by atoms with E-state index in [-0.39, 0.29) is 18.1 Å². The summed E-state index contributed by atoms with van der Waals surface area (Å²) in [5.41, 5.74) is 9.68. The summed E-state index contributed by atoms with van der Waals surface area (Å²) in [6, 6.07) is 11.8. The lowest BCUT2D eigenvalue weighted by Gasteiger charge is -2.31. The van der Waals surface area contributed by atoms with Crippen molar-refractivity contribution in [2.24, 2.45) is 5.73 Å². The van der Waals surface area contributed by atoms with Crippen molar-refractivity contribution in [1.29, 1.82) is 0 Å². The van der Waals surface area contributed by atoms with Crippen molar-refractivity contribution in [3.8, 4) is 17.5 Å². The van der Waals surface area contributed by atoms with Crippen LogP contribution in [0, 0.1) is 11.8 Å². The maximum Gasteiger partial charge on any atom is 0.293 e. The number of piperidine rings is 1. The lowest BCUT2D eigenvalue weighted by atomic mass is 10.1. The third-order valence-corrected chi connectivity index (χ3v) is 6.71. The molecular weight excluding hydrogens is 466 g/mol. The van der Waals surface area contributed by atoms with Crippen LogP contribution in [-0.2, 0) is 13.1 Å². The molecule has 5 aromatic rings. The number of nitrogens with two attached hydrogens (primary N) is 1. The van der Waals surface area contributed by atoms with Crippen molar-refractivity contribution in [3.05, 3.63) is 71.2 Å². The van der Waals surface area contributed by atoms with Crippen LogP contribution in [0.3, 0.4) is 0 Å². The molecule has 0 spiro atoms. The number of nitrogens with zero attached hydrogens (tertiary/aromatic N) is 8. The zero-order valence-electron chi connectivity index (χ0n) is 20.6. The Balaban J connectivity index is 1.48. The molecule has 1 atom stereocenters. The molecule has 10 heteroatoms. The molecule has 5 heterocycles. The second-order valence-corrected chi connectivity index (χ2v) is 9.18. The molecule has 1 aliphatic heterocycles. The van der Waals surface area contributed by atoms with E-state index < -0.39 is 0 Å². The molecule has 0 aliphatic carbocycles. The van der Waals surface area contributed by atoms with E-state index in [0.29, 0.717) is 35.9 Å². The molecule has 0 bridgehead atoms. The van der Waals surface area contributed by atoms with E-state index in [1.54, 1.807) is 25.5 Å². The van der Waals surface area contributed by atoms with Crippen molar-refractivity contribution in [2.75, 3.05) is 18.0 Å². The minimum Gasteiger partial charge on any atom is -0.341 e. The Morgan fingerprint density at radius 1 is 1.11 bits per heavy atom. The first-order valence-electron chi connectivity index (χ1n) is 12.4. The maximum atomic E-state index is 13.8. The van der Waals surface area contributed by atoms with Gasteiger partial charge in [-0.2, -0.15) is 5.10 Å². The SMILES string of the molecule is CC#CCn1c(N2CCCC(N)C2)nc2cnn(Cc3nc4ccccc4n3-c3cccnc3)c(=O)c21. The van der Waals surface area contributed by atoms with Gasteiger partial charge in [0.15, 0.2) is 0 Å². The maximum absolute atomic E-state index is 13.8. The van der Waals surface area contributed by atoms with Crippen molar-refractivity contribution < 1.29 is 0 Å². The van der Waals surface area contributed by atoms with Crippen LogP contribution in [0.25, 0.3) is 27.8 Å². The third-order valence-electron chi connectivity index (χ3n) is 6.71. The Hall–Kier alpha value is -4.49. The summed E-state index contributed by atoms with van der Waals surface area (Å²) >= 11 is 0. The highest BCUT2D eigenvalue weighted by Crippen LogP contribution is 2.24. The summed E-state index contributed by atoms with van der Waals surface area (Å²) in [7, 11) is 0. The topological polar surface area (TPSA) is 113 Å². The van der Waals surface area contributed by atoms with Crippen LogP contribution >= 0.6 is 0 Å². The summed E-state index contributed by atoms with van der Waals surface area (Å²) in [4.78, 5) is 29.9. The number of hydrogen-bond acceptors (Lipinski definition) is 7. The average molecular weight is 494 g/mol. The van der Waals surface area contributed by atoms with E-state index in [2.05, 4.69) is 26.8 Å². The highest BCUT2D eigenvalue weighted by molar-refractivity contribution is 5.79. The lowest BCUT2D eigenvalue weighted by Crippen LogP contribution is -2.44. The van der Waals surface area contributed by atoms with Crippen molar-refractivity contribution in [3.63, 3.8) is 0 Å². The van der Waals surface area contributed by atoms with Gasteiger partial charge in [-0.3, -0.25) is 18.9 Å². The third kappa shape index (κ3) is 4.13. The molecule has 0 radical (unpaired) electrons. The number of pyridine rings is 1. The summed E-state index contributed by atoms with van der Waals surface area (Å²) in [5.74, 6) is 7.44. The van der Waals surface area contributed by atoms with Gasteiger partial charge in [0, 0.05) is 25.3 Å². The lowest BCUT2D eigenvalue weighted by molar-refractivity contribution is 0.496. The summed E-state index contributed by atoms with van der Waals surface area (Å²) in [5, 5.41) is 4.48. The predicted octanol–water partition coefficient (Wildman–Crippen LogP) is 2.33. The first-order valence-corrected chi connectivity index (χ1v) is 12.4. The van der Waals surface area contributed by atoms with Crippen LogP contribution in [0.15, 0.2) is 59.8 Å². The van der Waals surface area contributed by atoms with E-state index in [4.69, 9.17) is 15.7 Å². The molecule has 0 amide bonds. The first kappa shape index (κ1) is 22.9. The summed E-state index contributed by atoms with van der Waals surface area (Å²) in [6.07, 6.45) is 7.13. The minimum absolute atomic E-state index is 0.0783. The largest absolute Gasteiger partial charge is 0.341 e. The Labute approximate surface area is 213 Å². The van der Waals surface area contributed by atoms with Crippen molar-refractivity contribution in [2.45, 2.75) is 38.9 Å². The van der Waals surface area contributed by atoms with E-state index in [1.807, 2.05) is 45.5 Å². The molecule has 186 valence electrons. The Morgan fingerprint density at radius 3 is 2.81 bits per heavy atom. The van der Waals surface area contributed by atoms with Crippen LogP contribution in [-0.4, -0.2) is 53.0 Å². The molecule has 1 aromatic carbocycles. The number of para-hydroxylation sites is 2. The van der Waals surface area contributed by atoms with Crippen LogP contribution in [0.4, 0.5) is 5.95 Å². The summed E-state index contributed by atoms with van der Waals surface area (Å²) in [6.45, 7) is 3.87. The normalized spacial score (nSPS) is 15.7. The fraction of sp³-hybridized carbons (Fsp3) is 0.296. The molecule has 1 unspecified atom stereocenters. The predicted molar refractivity (Wildman–Crippen MR) is 143 cm³/mol. The van der Waals surface area contributed by atoms with Gasteiger partial charge in [0.2, 0.25) is 5.95 Å². The number of benzene rings is 1. The van der Waals surface area contributed by atoms with Crippen LogP contribution in [0.1, 0.15) is 25.6 Å². The van der Waals surface area contributed by atoms with Crippen molar-refractivity contribution >= 4 is 28.0 Å². The molecule has 37 heavy (non-hydrogen) atoms. The van der Waals surface area contributed by atoms with E-state index >= 15 is 0 Å². The molecule has 4 aromatic heterocycles. The smallest absolute Gasteiger partial charge is 0.293 e. The number of anilines is 1. The van der Waals surface area contributed by atoms with Gasteiger partial charge in [0.25, 0.3) is 5.56 Å². The van der Waals surface area contributed by atoms with Crippen molar-refractivity contribution in [1.82, 2.24) is 33.9 Å². The number of hydrogen-bond donors (Lipinski definition) is 1. The number of aromatic nitrogens is 7. The van der Waals surface area contributed by atoms with Crippen LogP contribution < -0.4 is 16.2 Å². The molecule has 0 saturated carbocycles. The zero-order chi connectivity index (χ0) is 25.4. The fourth-order valence-electron chi connectivity index (χ4n) is 5.02. The van der Waals surface area contributed by atoms with Gasteiger partial charge in [0.05, 0.1) is 35.7 Å². The minimum atomic E-state index is -0.236. The Kier molecular flexibility index (Phi) is 5.90. The number of imidazole rings is 2. The first-order chi connectivity index (χ1) is 18.1. The monoisotopic (exact) mass is 493 g/mol. The standard InChI is InChI=1S/C27H27N9O/c1-2-3-14-34-25-22(32-27(34)33-13-7-8-19(28)17-33)16-30-35(26(25)37)18-24-31-21-10-4-5-11-23(21)36(24)20-9-6-12-29-15-20/h4-6,9-12,15-16,19H,7-8,13-14,17-18,28H2,1H3. The van der Waals surface area contributed by atoms with Gasteiger partial charge in [-0.25, -0.2) is 14.6 Å². The molecule has 1 aliphatic rings. The average Bonchev–Trinajstić information content (AvgIpc) is 3.48. The quantitative estimate of drug-likeness (QED) is 0.374. The molecule has 6 rings (SSSR count). The molecule has 2 N–H and O–H groups in total. The van der Waals surface area contributed by atoms with E-state index in [0.717, 1.165) is 36.1 Å². The van der Waals surface area contributed by atoms with Gasteiger partial charge < -0.3 is 10.6 Å². The number of rotatable bonds is 5. The van der Waals surface area contributed by atoms with E-state index in [1.165, 1.54) is 4.68 Å². The van der Waals surface area contributed by atoms with E-state index in [9.17, 15) is 4.79 Å². The molecular formula is C27H27N9O. The van der Waals surface area contributed by atoms with Gasteiger partial charge in [-0.15, -0.1) is 5.92 Å². The van der Waals surface area contributed by atoms with Gasteiger partial charge in [-0.1, -0.05) is 18.1 Å². The Bertz CT molecular complexity index is 1700. The Morgan fingerprint density at radius 2 is 2.00 bits per heavy atom. The second kappa shape index (κ2) is 9.52. The van der Waals surface area contributed by atoms with Gasteiger partial charge in [0.1, 0.15) is 23.4 Å². The molecule has 10 nitrogen and oxygen atoms in total. The van der Waals surface area contributed by atoms with Gasteiger partial charge >= 0.3 is 0 Å². The zero-order valence-corrected chi connectivity index (χ0v) is 20.6. The highest BCUT2D eigenvalue weighted by atomic mass is 16.1. The summed E-state index contributed by atoms with van der Waals surface area (Å²) < 4.78 is 5.36. The second-order valence-electron chi connectivity index (χ2n) is 9.18.